The van der Waals surface area contributed by atoms with Gasteiger partial charge >= 0.3 is 0 Å². The maximum Gasteiger partial charge on any atom is 0.240 e. The van der Waals surface area contributed by atoms with Crippen LogP contribution in [0.25, 0.3) is 0 Å². The van der Waals surface area contributed by atoms with E-state index in [0.717, 1.165) is 25.8 Å². The van der Waals surface area contributed by atoms with Gasteiger partial charge in [-0.15, -0.1) is 0 Å². The summed E-state index contributed by atoms with van der Waals surface area (Å²) in [6.45, 7) is 7.47. The number of hydrogen-bond donors (Lipinski definition) is 1. The number of carbonyl (C=O) groups excluding carboxylic acids is 1. The summed E-state index contributed by atoms with van der Waals surface area (Å²) in [7, 11) is 2.17. The van der Waals surface area contributed by atoms with Gasteiger partial charge in [0.2, 0.25) is 5.91 Å². The van der Waals surface area contributed by atoms with Crippen molar-refractivity contribution in [1.29, 1.82) is 0 Å². The van der Waals surface area contributed by atoms with Crippen molar-refractivity contribution in [3.8, 4) is 0 Å². The Balaban J connectivity index is 2.08. The maximum atomic E-state index is 12.2. The molecule has 4 unspecified atom stereocenters. The van der Waals surface area contributed by atoms with E-state index in [2.05, 4.69) is 36.0 Å². The molecule has 0 aromatic heterocycles. The van der Waals surface area contributed by atoms with E-state index < -0.39 is 0 Å². The zero-order valence-electron chi connectivity index (χ0n) is 11.4. The van der Waals surface area contributed by atoms with Gasteiger partial charge in [0.05, 0.1) is 12.2 Å². The minimum atomic E-state index is -0.00471. The lowest BCUT2D eigenvalue weighted by Gasteiger charge is -2.41. The lowest BCUT2D eigenvalue weighted by atomic mass is 9.97. The standard InChI is InChI=1S/C13H25N3O/c1-5-12-14-10(3)13(17)16(12)11-6-7-15(4)9(2)8-11/h9-12,14H,5-8H2,1-4H3. The van der Waals surface area contributed by atoms with Crippen molar-refractivity contribution in [2.75, 3.05) is 13.6 Å². The smallest absolute Gasteiger partial charge is 0.240 e. The zero-order chi connectivity index (χ0) is 12.6. The fourth-order valence-corrected chi connectivity index (χ4v) is 3.08. The molecule has 0 spiro atoms. The molecule has 0 bridgehead atoms. The van der Waals surface area contributed by atoms with E-state index in [9.17, 15) is 4.79 Å². The summed E-state index contributed by atoms with van der Waals surface area (Å²) in [5.74, 6) is 0.290. The van der Waals surface area contributed by atoms with Gasteiger partial charge in [-0.3, -0.25) is 10.1 Å². The molecule has 4 nitrogen and oxygen atoms in total. The van der Waals surface area contributed by atoms with Crippen LogP contribution in [0.4, 0.5) is 0 Å². The van der Waals surface area contributed by atoms with Gasteiger partial charge in [0, 0.05) is 18.6 Å². The van der Waals surface area contributed by atoms with Gasteiger partial charge < -0.3 is 9.80 Å². The van der Waals surface area contributed by atoms with E-state index in [1.54, 1.807) is 0 Å². The molecule has 4 heteroatoms. The van der Waals surface area contributed by atoms with Crippen molar-refractivity contribution in [3.05, 3.63) is 0 Å². The fraction of sp³-hybridized carbons (Fsp3) is 0.923. The summed E-state index contributed by atoms with van der Waals surface area (Å²) in [5, 5.41) is 3.39. The number of hydrogen-bond acceptors (Lipinski definition) is 3. The Labute approximate surface area is 104 Å². The zero-order valence-corrected chi connectivity index (χ0v) is 11.4. The molecule has 1 amide bonds. The van der Waals surface area contributed by atoms with Crippen LogP contribution in [0.3, 0.4) is 0 Å². The Morgan fingerprint density at radius 1 is 1.41 bits per heavy atom. The number of rotatable bonds is 2. The molecule has 2 saturated heterocycles. The Kier molecular flexibility index (Phi) is 3.73. The number of nitrogens with one attached hydrogen (secondary N) is 1. The average Bonchev–Trinajstić information content (AvgIpc) is 2.59. The van der Waals surface area contributed by atoms with Crippen LogP contribution in [0.5, 0.6) is 0 Å². The Morgan fingerprint density at radius 3 is 2.71 bits per heavy atom. The molecule has 98 valence electrons. The first-order chi connectivity index (χ1) is 8.04. The molecule has 0 aliphatic carbocycles. The van der Waals surface area contributed by atoms with Crippen LogP contribution in [0.2, 0.25) is 0 Å². The van der Waals surface area contributed by atoms with Crippen LogP contribution in [0, 0.1) is 0 Å². The molecule has 2 aliphatic rings. The Hall–Kier alpha value is -0.610. The van der Waals surface area contributed by atoms with Crippen LogP contribution in [0.1, 0.15) is 40.0 Å². The van der Waals surface area contributed by atoms with Crippen LogP contribution in [-0.2, 0) is 4.79 Å². The third kappa shape index (κ3) is 2.33. The summed E-state index contributed by atoms with van der Waals surface area (Å²) >= 11 is 0. The molecule has 0 radical (unpaired) electrons. The van der Waals surface area contributed by atoms with Crippen molar-refractivity contribution in [2.24, 2.45) is 0 Å². The van der Waals surface area contributed by atoms with Gasteiger partial charge in [-0.05, 0) is 40.2 Å². The van der Waals surface area contributed by atoms with Crippen molar-refractivity contribution in [3.63, 3.8) is 0 Å². The monoisotopic (exact) mass is 239 g/mol. The highest BCUT2D eigenvalue weighted by atomic mass is 16.2. The third-order valence-corrected chi connectivity index (χ3v) is 4.36. The van der Waals surface area contributed by atoms with Gasteiger partial charge in [-0.1, -0.05) is 6.92 Å². The molecule has 2 aliphatic heterocycles. The van der Waals surface area contributed by atoms with Crippen molar-refractivity contribution >= 4 is 5.91 Å². The summed E-state index contributed by atoms with van der Waals surface area (Å²) in [4.78, 5) is 16.7. The predicted octanol–water partition coefficient (Wildman–Crippen LogP) is 1.03. The number of amides is 1. The van der Waals surface area contributed by atoms with Gasteiger partial charge in [-0.2, -0.15) is 0 Å². The van der Waals surface area contributed by atoms with E-state index in [-0.39, 0.29) is 12.2 Å². The summed E-state index contributed by atoms with van der Waals surface area (Å²) in [6.07, 6.45) is 3.46. The highest BCUT2D eigenvalue weighted by molar-refractivity contribution is 5.84. The van der Waals surface area contributed by atoms with Crippen LogP contribution >= 0.6 is 0 Å². The minimum Gasteiger partial charge on any atom is -0.323 e. The maximum absolute atomic E-state index is 12.2. The van der Waals surface area contributed by atoms with Gasteiger partial charge in [0.15, 0.2) is 0 Å². The number of nitrogens with zero attached hydrogens (tertiary/aromatic N) is 2. The Bertz CT molecular complexity index is 294. The van der Waals surface area contributed by atoms with Gasteiger partial charge in [-0.25, -0.2) is 0 Å². The topological polar surface area (TPSA) is 35.6 Å². The predicted molar refractivity (Wildman–Crippen MR) is 68.6 cm³/mol. The molecule has 0 aromatic carbocycles. The molecule has 0 saturated carbocycles. The lowest BCUT2D eigenvalue weighted by molar-refractivity contribution is -0.133. The summed E-state index contributed by atoms with van der Waals surface area (Å²) < 4.78 is 0. The molecule has 0 aromatic rings. The van der Waals surface area contributed by atoms with Gasteiger partial charge in [0.25, 0.3) is 0 Å². The first kappa shape index (κ1) is 12.8. The third-order valence-electron chi connectivity index (χ3n) is 4.36. The minimum absolute atomic E-state index is 0.00471. The number of piperidine rings is 1. The van der Waals surface area contributed by atoms with E-state index in [1.807, 2.05) is 6.92 Å². The number of carbonyl (C=O) groups is 1. The summed E-state index contributed by atoms with van der Waals surface area (Å²) in [6, 6.07) is 1.00. The highest BCUT2D eigenvalue weighted by Crippen LogP contribution is 2.26. The Morgan fingerprint density at radius 2 is 2.12 bits per heavy atom. The van der Waals surface area contributed by atoms with Crippen molar-refractivity contribution in [1.82, 2.24) is 15.1 Å². The molecule has 2 heterocycles. The summed E-state index contributed by atoms with van der Waals surface area (Å²) in [5.41, 5.74) is 0. The molecule has 4 atom stereocenters. The second-order valence-corrected chi connectivity index (χ2v) is 5.57. The molecular formula is C13H25N3O. The van der Waals surface area contributed by atoms with E-state index in [4.69, 9.17) is 0 Å². The average molecular weight is 239 g/mol. The number of likely N-dealkylation sites (tertiary alicyclic amines) is 1. The fourth-order valence-electron chi connectivity index (χ4n) is 3.08. The van der Waals surface area contributed by atoms with E-state index >= 15 is 0 Å². The quantitative estimate of drug-likeness (QED) is 0.781. The molecule has 17 heavy (non-hydrogen) atoms. The molecule has 2 rings (SSSR count). The largest absolute Gasteiger partial charge is 0.323 e. The highest BCUT2D eigenvalue weighted by Gasteiger charge is 2.41. The van der Waals surface area contributed by atoms with Crippen LogP contribution in [0.15, 0.2) is 0 Å². The molecular weight excluding hydrogens is 214 g/mol. The molecule has 1 N–H and O–H groups in total. The van der Waals surface area contributed by atoms with E-state index in [1.165, 1.54) is 0 Å². The second-order valence-electron chi connectivity index (χ2n) is 5.57. The SMILES string of the molecule is CCC1NC(C)C(=O)N1C1CCN(C)C(C)C1. The van der Waals surface area contributed by atoms with E-state index in [0.29, 0.717) is 18.0 Å². The molecule has 2 fully saturated rings. The second kappa shape index (κ2) is 4.94. The van der Waals surface area contributed by atoms with Crippen molar-refractivity contribution < 1.29 is 4.79 Å². The normalized spacial score (nSPS) is 40.0. The first-order valence-corrected chi connectivity index (χ1v) is 6.83. The van der Waals surface area contributed by atoms with Crippen LogP contribution < -0.4 is 5.32 Å². The lowest BCUT2D eigenvalue weighted by Crippen LogP contribution is -2.51. The van der Waals surface area contributed by atoms with Gasteiger partial charge in [0.1, 0.15) is 0 Å². The first-order valence-electron chi connectivity index (χ1n) is 6.83. The van der Waals surface area contributed by atoms with Crippen molar-refractivity contribution in [2.45, 2.75) is 64.3 Å². The van der Waals surface area contributed by atoms with Crippen LogP contribution in [-0.4, -0.2) is 53.6 Å².